The molecule has 0 saturated carbocycles. The lowest BCUT2D eigenvalue weighted by atomic mass is 10.1. The van der Waals surface area contributed by atoms with Gasteiger partial charge in [0.05, 0.1) is 12.5 Å². The van der Waals surface area contributed by atoms with E-state index in [9.17, 15) is 9.59 Å². The summed E-state index contributed by atoms with van der Waals surface area (Å²) in [6.45, 7) is 0. The van der Waals surface area contributed by atoms with E-state index in [0.29, 0.717) is 11.3 Å². The molecule has 0 N–H and O–H groups in total. The molecule has 0 unspecified atom stereocenters. The van der Waals surface area contributed by atoms with Crippen molar-refractivity contribution in [2.45, 2.75) is 0 Å². The zero-order valence-electron chi connectivity index (χ0n) is 13.5. The van der Waals surface area contributed by atoms with E-state index in [1.54, 1.807) is 36.4 Å². The van der Waals surface area contributed by atoms with Gasteiger partial charge in [-0.05, 0) is 48.5 Å². The number of esters is 2. The van der Waals surface area contributed by atoms with Crippen molar-refractivity contribution in [1.82, 2.24) is 0 Å². The van der Waals surface area contributed by atoms with Crippen LogP contribution in [0.2, 0.25) is 0 Å². The zero-order chi connectivity index (χ0) is 18.8. The maximum Gasteiger partial charge on any atom is 0.379 e. The van der Waals surface area contributed by atoms with Crippen molar-refractivity contribution in [2.75, 3.05) is 0 Å². The highest BCUT2D eigenvalue weighted by Crippen LogP contribution is 2.28. The molecule has 0 spiro atoms. The molecule has 2 aromatic heterocycles. The molecule has 0 radical (unpaired) electrons. The number of aliphatic imine (C=N–C) groups is 1. The van der Waals surface area contributed by atoms with Crippen molar-refractivity contribution < 1.29 is 27.9 Å². The van der Waals surface area contributed by atoms with Gasteiger partial charge in [-0.15, -0.1) is 0 Å². The first-order valence-corrected chi connectivity index (χ1v) is 8.51. The van der Waals surface area contributed by atoms with Gasteiger partial charge in [0.25, 0.3) is 5.90 Å². The molecule has 1 aliphatic heterocycles. The van der Waals surface area contributed by atoms with Gasteiger partial charge in [-0.1, -0.05) is 15.9 Å². The Balaban J connectivity index is 1.67. The van der Waals surface area contributed by atoms with E-state index in [2.05, 4.69) is 20.9 Å². The van der Waals surface area contributed by atoms with Crippen LogP contribution in [-0.4, -0.2) is 17.8 Å². The number of halogens is 1. The van der Waals surface area contributed by atoms with Crippen molar-refractivity contribution in [1.29, 1.82) is 0 Å². The first-order chi connectivity index (χ1) is 13.1. The Hall–Kier alpha value is -3.39. The normalized spacial score (nSPS) is 14.9. The second kappa shape index (κ2) is 7.08. The number of cyclic esters (lactones) is 1. The minimum Gasteiger partial charge on any atom is -0.459 e. The smallest absolute Gasteiger partial charge is 0.379 e. The van der Waals surface area contributed by atoms with E-state index in [-0.39, 0.29) is 23.1 Å². The molecular weight excluding hydrogens is 418 g/mol. The molecule has 3 heterocycles. The summed E-state index contributed by atoms with van der Waals surface area (Å²) < 4.78 is 21.4. The Morgan fingerprint density at radius 3 is 2.67 bits per heavy atom. The Kier molecular flexibility index (Phi) is 4.47. The Morgan fingerprint density at radius 2 is 1.93 bits per heavy atom. The zero-order valence-corrected chi connectivity index (χ0v) is 15.1. The average Bonchev–Trinajstić information content (AvgIpc) is 3.39. The maximum absolute atomic E-state index is 12.1. The number of nitrogens with zero attached hydrogens (tertiary/aromatic N) is 1. The first-order valence-electron chi connectivity index (χ1n) is 7.72. The van der Waals surface area contributed by atoms with Crippen LogP contribution in [0.4, 0.5) is 0 Å². The second-order valence-corrected chi connectivity index (χ2v) is 6.28. The summed E-state index contributed by atoms with van der Waals surface area (Å²) in [6, 6.07) is 11.4. The van der Waals surface area contributed by atoms with E-state index < -0.39 is 11.9 Å². The third-order valence-corrected chi connectivity index (χ3v) is 4.03. The Bertz CT molecular complexity index is 1060. The summed E-state index contributed by atoms with van der Waals surface area (Å²) in [6.07, 6.45) is 4.29. The lowest BCUT2D eigenvalue weighted by Gasteiger charge is -2.07. The second-order valence-electron chi connectivity index (χ2n) is 5.36. The van der Waals surface area contributed by atoms with Crippen molar-refractivity contribution in [3.8, 4) is 5.75 Å². The molecule has 7 nitrogen and oxygen atoms in total. The van der Waals surface area contributed by atoms with Gasteiger partial charge in [0, 0.05) is 10.0 Å². The van der Waals surface area contributed by atoms with Crippen molar-refractivity contribution in [2.24, 2.45) is 4.99 Å². The number of furan rings is 2. The van der Waals surface area contributed by atoms with Crippen molar-refractivity contribution in [3.05, 3.63) is 82.2 Å². The molecule has 0 fully saturated rings. The molecule has 27 heavy (non-hydrogen) atoms. The molecule has 1 aromatic carbocycles. The molecule has 4 rings (SSSR count). The molecule has 1 aliphatic rings. The number of benzene rings is 1. The van der Waals surface area contributed by atoms with E-state index in [4.69, 9.17) is 18.3 Å². The number of hydrogen-bond acceptors (Lipinski definition) is 7. The third kappa shape index (κ3) is 3.61. The van der Waals surface area contributed by atoms with E-state index >= 15 is 0 Å². The van der Waals surface area contributed by atoms with Gasteiger partial charge in [-0.25, -0.2) is 14.6 Å². The third-order valence-electron chi connectivity index (χ3n) is 3.54. The highest BCUT2D eigenvalue weighted by Gasteiger charge is 2.26. The van der Waals surface area contributed by atoms with Gasteiger partial charge in [-0.3, -0.25) is 0 Å². The summed E-state index contributed by atoms with van der Waals surface area (Å²) in [5.74, 6) is -0.581. The lowest BCUT2D eigenvalue weighted by molar-refractivity contribution is -0.130. The number of hydrogen-bond donors (Lipinski definition) is 0. The van der Waals surface area contributed by atoms with Crippen molar-refractivity contribution >= 4 is 39.8 Å². The first kappa shape index (κ1) is 17.0. The van der Waals surface area contributed by atoms with Gasteiger partial charge in [0.15, 0.2) is 11.5 Å². The van der Waals surface area contributed by atoms with Crippen LogP contribution in [0.25, 0.3) is 6.08 Å². The molecule has 3 aromatic rings. The standard InChI is InChI=1S/C19H10BrNO6/c20-12-5-6-14(26-19(23)16-4-2-8-25-16)11(9-12)10-13-18(22)27-17(21-13)15-3-1-7-24-15/h1-10H/b13-10+. The fourth-order valence-electron chi connectivity index (χ4n) is 2.33. The largest absolute Gasteiger partial charge is 0.459 e. The highest BCUT2D eigenvalue weighted by molar-refractivity contribution is 9.10. The van der Waals surface area contributed by atoms with Gasteiger partial charge >= 0.3 is 11.9 Å². The van der Waals surface area contributed by atoms with Crippen LogP contribution >= 0.6 is 15.9 Å². The topological polar surface area (TPSA) is 91.2 Å². The van der Waals surface area contributed by atoms with Crippen LogP contribution in [0.5, 0.6) is 5.75 Å². The Morgan fingerprint density at radius 1 is 1.11 bits per heavy atom. The minimum atomic E-state index is -0.657. The van der Waals surface area contributed by atoms with Crippen LogP contribution in [0, 0.1) is 0 Å². The number of ether oxygens (including phenoxy) is 2. The molecule has 0 aliphatic carbocycles. The predicted molar refractivity (Wildman–Crippen MR) is 97.1 cm³/mol. The van der Waals surface area contributed by atoms with E-state index in [0.717, 1.165) is 4.47 Å². The molecule has 0 amide bonds. The van der Waals surface area contributed by atoms with Crippen LogP contribution < -0.4 is 4.74 Å². The number of carbonyl (C=O) groups is 2. The summed E-state index contributed by atoms with van der Waals surface area (Å²) in [5, 5.41) is 0. The number of rotatable bonds is 4. The Labute approximate surface area is 161 Å². The van der Waals surface area contributed by atoms with Crippen molar-refractivity contribution in [3.63, 3.8) is 0 Å². The van der Waals surface area contributed by atoms with Crippen LogP contribution in [0.3, 0.4) is 0 Å². The van der Waals surface area contributed by atoms with Crippen LogP contribution in [0.1, 0.15) is 21.9 Å². The fraction of sp³-hybridized carbons (Fsp3) is 0. The molecule has 0 saturated heterocycles. The average molecular weight is 428 g/mol. The quantitative estimate of drug-likeness (QED) is 0.352. The van der Waals surface area contributed by atoms with Crippen LogP contribution in [0.15, 0.2) is 79.0 Å². The summed E-state index contributed by atoms with van der Waals surface area (Å²) in [4.78, 5) is 28.4. The van der Waals surface area contributed by atoms with Gasteiger partial charge in [0.1, 0.15) is 5.75 Å². The maximum atomic E-state index is 12.1. The summed E-state index contributed by atoms with van der Waals surface area (Å²) in [5.41, 5.74) is 0.510. The van der Waals surface area contributed by atoms with E-state index in [1.807, 2.05) is 0 Å². The summed E-state index contributed by atoms with van der Waals surface area (Å²) in [7, 11) is 0. The monoisotopic (exact) mass is 427 g/mol. The molecular formula is C19H10BrNO6. The molecule has 0 bridgehead atoms. The fourth-order valence-corrected chi connectivity index (χ4v) is 2.71. The van der Waals surface area contributed by atoms with Crippen LogP contribution in [-0.2, 0) is 9.53 Å². The van der Waals surface area contributed by atoms with Gasteiger partial charge in [-0.2, -0.15) is 0 Å². The number of carbonyl (C=O) groups excluding carboxylic acids is 2. The highest BCUT2D eigenvalue weighted by atomic mass is 79.9. The lowest BCUT2D eigenvalue weighted by Crippen LogP contribution is -2.08. The molecule has 0 atom stereocenters. The van der Waals surface area contributed by atoms with Gasteiger partial charge in [0.2, 0.25) is 5.76 Å². The molecule has 8 heteroatoms. The molecule has 134 valence electrons. The van der Waals surface area contributed by atoms with E-state index in [1.165, 1.54) is 24.7 Å². The predicted octanol–water partition coefficient (Wildman–Crippen LogP) is 4.20. The summed E-state index contributed by atoms with van der Waals surface area (Å²) >= 11 is 3.35. The SMILES string of the molecule is O=C1OC(c2ccco2)=N/C1=C/c1cc(Br)ccc1OC(=O)c1ccco1. The van der Waals surface area contributed by atoms with Gasteiger partial charge < -0.3 is 18.3 Å². The minimum absolute atomic E-state index is 0.0507.